The Kier molecular flexibility index (Phi) is 21.0. The van der Waals surface area contributed by atoms with Crippen molar-refractivity contribution in [1.29, 1.82) is 0 Å². The number of terminal acetylenes is 1. The largest absolute Gasteiger partial charge is 1.00 e. The molecule has 0 amide bonds. The van der Waals surface area contributed by atoms with E-state index in [9.17, 15) is 4.79 Å². The number of carbonyl (C=O) groups is 1. The van der Waals surface area contributed by atoms with Crippen LogP contribution in [0.4, 0.5) is 0 Å². The second-order valence-corrected chi connectivity index (χ2v) is 2.60. The maximum absolute atomic E-state index is 10.9. The molecule has 0 unspecified atom stereocenters. The summed E-state index contributed by atoms with van der Waals surface area (Å²) in [7, 11) is 1.14. The first-order valence-corrected chi connectivity index (χ1v) is 3.76. The minimum atomic E-state index is -0.566. The van der Waals surface area contributed by atoms with Crippen LogP contribution in [0, 0.1) is 18.9 Å². The molecule has 0 fully saturated rings. The Bertz CT molecular complexity index is 194. The smallest absolute Gasteiger partial charge is 0.475 e. The molecule has 0 saturated heterocycles. The van der Waals surface area contributed by atoms with E-state index in [2.05, 4.69) is 5.92 Å². The monoisotopic (exact) mass is 244 g/mol. The summed E-state index contributed by atoms with van der Waals surface area (Å²) in [6, 6.07) is 0. The molecular formula is C8H13BK2NO2+. The Hall–Kier alpha value is 2.49. The quantitative estimate of drug-likeness (QED) is 0.297. The van der Waals surface area contributed by atoms with E-state index in [1.165, 1.54) is 0 Å². The number of carbonyl (C=O) groups excluding carboxylic acids is 1. The van der Waals surface area contributed by atoms with Crippen LogP contribution in [0.1, 0.15) is 12.8 Å². The van der Waals surface area contributed by atoms with Crippen molar-refractivity contribution in [2.75, 3.05) is 7.05 Å². The van der Waals surface area contributed by atoms with Gasteiger partial charge in [0.1, 0.15) is 5.78 Å². The van der Waals surface area contributed by atoms with Crippen LogP contribution in [-0.4, -0.2) is 29.7 Å². The van der Waals surface area contributed by atoms with E-state index in [0.717, 1.165) is 0 Å². The molecule has 0 aromatic carbocycles. The molecule has 0 aliphatic rings. The van der Waals surface area contributed by atoms with Crippen molar-refractivity contribution < 1.29 is 113 Å². The van der Waals surface area contributed by atoms with Gasteiger partial charge in [-0.3, -0.25) is 6.54 Å². The first-order chi connectivity index (χ1) is 5.57. The van der Waals surface area contributed by atoms with Gasteiger partial charge in [0.25, 0.3) is 0 Å². The van der Waals surface area contributed by atoms with Crippen molar-refractivity contribution in [3.8, 4) is 12.3 Å². The van der Waals surface area contributed by atoms with Gasteiger partial charge in [-0.1, -0.05) is 13.0 Å². The summed E-state index contributed by atoms with van der Waals surface area (Å²) in [5, 5.41) is 9.01. The van der Waals surface area contributed by atoms with E-state index >= 15 is 0 Å². The molecule has 0 heterocycles. The standard InChI is InChI=1S/C8H13BNO2.2K/c1-4-5-8(11)6-7-10(3)9(2)12;;/h1,7,12H,5-6H2,2-3H3;;/q-1;2*+1. The average molecular weight is 244 g/mol. The Morgan fingerprint density at radius 1 is 1.64 bits per heavy atom. The molecule has 0 spiro atoms. The fourth-order valence-electron chi connectivity index (χ4n) is 0.584. The minimum absolute atomic E-state index is 0. The molecule has 0 aromatic heterocycles. The topological polar surface area (TPSA) is 40.5 Å². The average Bonchev–Trinajstić information content (AvgIpc) is 2.00. The van der Waals surface area contributed by atoms with Crippen LogP contribution >= 0.6 is 0 Å². The zero-order chi connectivity index (χ0) is 9.56. The van der Waals surface area contributed by atoms with Crippen LogP contribution in [-0.2, 0) is 4.79 Å². The van der Waals surface area contributed by atoms with Gasteiger partial charge in [0, 0.05) is 0 Å². The van der Waals surface area contributed by atoms with Crippen molar-refractivity contribution in [3.63, 3.8) is 0 Å². The summed E-state index contributed by atoms with van der Waals surface area (Å²) >= 11 is 0. The Labute approximate surface area is 172 Å². The number of hydrogen-bond acceptors (Lipinski definition) is 3. The van der Waals surface area contributed by atoms with Crippen molar-refractivity contribution in [3.05, 3.63) is 6.54 Å². The number of Topliss-reactive ketones (excluding diaryl/α,β-unsaturated/α-hetero) is 1. The van der Waals surface area contributed by atoms with E-state index in [-0.39, 0.29) is 121 Å². The summed E-state index contributed by atoms with van der Waals surface area (Å²) < 4.78 is 0. The van der Waals surface area contributed by atoms with Crippen molar-refractivity contribution in [2.24, 2.45) is 0 Å². The van der Waals surface area contributed by atoms with Gasteiger partial charge in [0.05, 0.1) is 6.42 Å². The molecule has 14 heavy (non-hydrogen) atoms. The van der Waals surface area contributed by atoms with E-state index in [0.29, 0.717) is 0 Å². The third kappa shape index (κ3) is 12.6. The maximum Gasteiger partial charge on any atom is 1.00 e. The van der Waals surface area contributed by atoms with Crippen LogP contribution < -0.4 is 103 Å². The molecule has 0 rings (SSSR count). The molecule has 0 atom stereocenters. The molecule has 0 saturated carbocycles. The van der Waals surface area contributed by atoms with Gasteiger partial charge in [-0.25, -0.2) is 0 Å². The van der Waals surface area contributed by atoms with E-state index in [1.807, 2.05) is 0 Å². The normalized spacial score (nSPS) is 8.21. The zero-order valence-corrected chi connectivity index (χ0v) is 15.7. The third-order valence-electron chi connectivity index (χ3n) is 1.50. The third-order valence-corrected chi connectivity index (χ3v) is 1.50. The van der Waals surface area contributed by atoms with Gasteiger partial charge in [-0.15, -0.1) is 12.8 Å². The van der Waals surface area contributed by atoms with Gasteiger partial charge < -0.3 is 14.6 Å². The maximum atomic E-state index is 10.9. The van der Waals surface area contributed by atoms with Gasteiger partial charge in [0.15, 0.2) is 0 Å². The Morgan fingerprint density at radius 2 is 2.14 bits per heavy atom. The summed E-state index contributed by atoms with van der Waals surface area (Å²) in [5.74, 6) is 2.26. The van der Waals surface area contributed by atoms with Gasteiger partial charge in [-0.2, -0.15) is 0 Å². The first kappa shape index (κ1) is 21.7. The molecule has 0 aromatic rings. The summed E-state index contributed by atoms with van der Waals surface area (Å²) in [6.45, 7) is 3.26. The predicted molar refractivity (Wildman–Crippen MR) is 49.0 cm³/mol. The number of nitrogens with zero attached hydrogens (tertiary/aromatic N) is 1. The molecule has 0 bridgehead atoms. The van der Waals surface area contributed by atoms with Gasteiger partial charge in [-0.05, 0) is 6.82 Å². The minimum Gasteiger partial charge on any atom is -0.475 e. The number of rotatable bonds is 5. The molecule has 0 radical (unpaired) electrons. The van der Waals surface area contributed by atoms with Crippen LogP contribution in [0.2, 0.25) is 6.82 Å². The Morgan fingerprint density at radius 3 is 2.50 bits per heavy atom. The van der Waals surface area contributed by atoms with E-state index in [4.69, 9.17) is 11.4 Å². The number of ketones is 1. The fourth-order valence-corrected chi connectivity index (χ4v) is 0.584. The van der Waals surface area contributed by atoms with E-state index in [1.54, 1.807) is 25.2 Å². The molecule has 3 nitrogen and oxygen atoms in total. The summed E-state index contributed by atoms with van der Waals surface area (Å²) in [5.41, 5.74) is 0. The molecule has 0 aliphatic carbocycles. The molecule has 6 heteroatoms. The predicted octanol–water partition coefficient (Wildman–Crippen LogP) is -5.82. The van der Waals surface area contributed by atoms with Crippen molar-refractivity contribution in [2.45, 2.75) is 19.7 Å². The summed E-state index contributed by atoms with van der Waals surface area (Å²) in [4.78, 5) is 12.5. The second kappa shape index (κ2) is 13.6. The Balaban J connectivity index is -0.000000605. The summed E-state index contributed by atoms with van der Waals surface area (Å²) in [6.07, 6.45) is 5.39. The zero-order valence-electron chi connectivity index (χ0n) is 9.45. The van der Waals surface area contributed by atoms with Crippen molar-refractivity contribution in [1.82, 2.24) is 4.81 Å². The fraction of sp³-hybridized carbons (Fsp3) is 0.500. The van der Waals surface area contributed by atoms with E-state index < -0.39 is 7.05 Å². The molecular weight excluding hydrogens is 231 g/mol. The molecule has 0 aliphatic heterocycles. The van der Waals surface area contributed by atoms with Crippen LogP contribution in [0.15, 0.2) is 0 Å². The van der Waals surface area contributed by atoms with Crippen LogP contribution in [0.25, 0.3) is 0 Å². The van der Waals surface area contributed by atoms with Crippen molar-refractivity contribution >= 4 is 12.8 Å². The number of hydrogen-bond donors (Lipinski definition) is 1. The van der Waals surface area contributed by atoms with Crippen LogP contribution in [0.3, 0.4) is 0 Å². The molecule has 1 N–H and O–H groups in total. The SMILES string of the molecule is C#CCC(=O)C[CH-]N(C)B(C)O.[K+].[K+]. The second-order valence-electron chi connectivity index (χ2n) is 2.60. The first-order valence-electron chi connectivity index (χ1n) is 3.76. The van der Waals surface area contributed by atoms with Gasteiger partial charge >= 0.3 is 110 Å². The van der Waals surface area contributed by atoms with Gasteiger partial charge in [0.2, 0.25) is 0 Å². The molecule has 66 valence electrons. The van der Waals surface area contributed by atoms with Crippen LogP contribution in [0.5, 0.6) is 0 Å².